The molecule has 3 rings (SSSR count). The number of anilines is 1. The van der Waals surface area contributed by atoms with Gasteiger partial charge in [-0.2, -0.15) is 0 Å². The number of carbonyl (C=O) groups is 1. The maximum Gasteiger partial charge on any atom is 0.255 e. The summed E-state index contributed by atoms with van der Waals surface area (Å²) in [6.07, 6.45) is 1.47. The average molecular weight is 295 g/mol. The van der Waals surface area contributed by atoms with Crippen molar-refractivity contribution >= 4 is 11.6 Å². The molecule has 0 spiro atoms. The summed E-state index contributed by atoms with van der Waals surface area (Å²) in [4.78, 5) is 12.2. The van der Waals surface area contributed by atoms with Crippen LogP contribution in [0.2, 0.25) is 0 Å². The van der Waals surface area contributed by atoms with E-state index < -0.39 is 0 Å². The van der Waals surface area contributed by atoms with Gasteiger partial charge >= 0.3 is 0 Å². The highest BCUT2D eigenvalue weighted by Crippen LogP contribution is 2.24. The number of amides is 1. The molecule has 0 fully saturated rings. The van der Waals surface area contributed by atoms with Crippen LogP contribution in [0.25, 0.3) is 5.69 Å². The second-order valence-electron chi connectivity index (χ2n) is 4.78. The molecule has 0 aliphatic heterocycles. The van der Waals surface area contributed by atoms with Crippen LogP contribution in [0, 0.1) is 6.92 Å². The highest BCUT2D eigenvalue weighted by Gasteiger charge is 2.09. The van der Waals surface area contributed by atoms with Gasteiger partial charge in [0.25, 0.3) is 5.91 Å². The first-order valence-corrected chi connectivity index (χ1v) is 6.58. The van der Waals surface area contributed by atoms with Gasteiger partial charge in [-0.1, -0.05) is 6.07 Å². The summed E-state index contributed by atoms with van der Waals surface area (Å²) in [5, 5.41) is 23.4. The Hall–Kier alpha value is -3.22. The molecule has 0 saturated carbocycles. The lowest BCUT2D eigenvalue weighted by atomic mass is 10.1. The van der Waals surface area contributed by atoms with Crippen molar-refractivity contribution in [1.82, 2.24) is 20.2 Å². The first-order chi connectivity index (χ1) is 10.6. The van der Waals surface area contributed by atoms with Crippen LogP contribution in [0.3, 0.4) is 0 Å². The third-order valence-corrected chi connectivity index (χ3v) is 3.14. The molecule has 22 heavy (non-hydrogen) atoms. The second kappa shape index (κ2) is 5.65. The molecular formula is C15H13N5O2. The molecule has 3 aromatic rings. The predicted octanol–water partition coefficient (Wildman–Crippen LogP) is 1.93. The van der Waals surface area contributed by atoms with E-state index >= 15 is 0 Å². The van der Waals surface area contributed by atoms with E-state index in [2.05, 4.69) is 20.8 Å². The molecule has 2 N–H and O–H groups in total. The van der Waals surface area contributed by atoms with Gasteiger partial charge in [0.2, 0.25) is 0 Å². The van der Waals surface area contributed by atoms with Gasteiger partial charge in [-0.15, -0.1) is 5.10 Å². The lowest BCUT2D eigenvalue weighted by Crippen LogP contribution is -2.12. The molecule has 1 amide bonds. The van der Waals surface area contributed by atoms with Crippen LogP contribution in [0.1, 0.15) is 15.9 Å². The van der Waals surface area contributed by atoms with Gasteiger partial charge in [-0.3, -0.25) is 4.79 Å². The van der Waals surface area contributed by atoms with E-state index in [1.807, 2.05) is 13.0 Å². The summed E-state index contributed by atoms with van der Waals surface area (Å²) in [6, 6.07) is 11.9. The van der Waals surface area contributed by atoms with Crippen LogP contribution in [-0.4, -0.2) is 31.2 Å². The fourth-order valence-corrected chi connectivity index (χ4v) is 1.99. The molecule has 0 aliphatic carbocycles. The second-order valence-corrected chi connectivity index (χ2v) is 4.78. The first-order valence-electron chi connectivity index (χ1n) is 6.58. The Labute approximate surface area is 126 Å². The Morgan fingerprint density at radius 2 is 1.95 bits per heavy atom. The molecule has 0 radical (unpaired) electrons. The normalized spacial score (nSPS) is 10.4. The number of phenols is 1. The number of hydrogen-bond acceptors (Lipinski definition) is 5. The maximum atomic E-state index is 12.2. The van der Waals surface area contributed by atoms with Gasteiger partial charge in [-0.25, -0.2) is 4.68 Å². The molecular weight excluding hydrogens is 282 g/mol. The minimum Gasteiger partial charge on any atom is -0.506 e. The Bertz CT molecular complexity index is 797. The molecule has 1 aromatic heterocycles. The zero-order valence-corrected chi connectivity index (χ0v) is 11.8. The van der Waals surface area contributed by atoms with E-state index in [4.69, 9.17) is 0 Å². The Morgan fingerprint density at radius 1 is 1.18 bits per heavy atom. The summed E-state index contributed by atoms with van der Waals surface area (Å²) in [5.41, 5.74) is 2.51. The van der Waals surface area contributed by atoms with Gasteiger partial charge in [0, 0.05) is 5.56 Å². The van der Waals surface area contributed by atoms with Crippen LogP contribution >= 0.6 is 0 Å². The number of carbonyl (C=O) groups excluding carboxylic acids is 1. The number of tetrazole rings is 1. The fraction of sp³-hybridized carbons (Fsp3) is 0.0667. The van der Waals surface area contributed by atoms with E-state index in [0.29, 0.717) is 11.3 Å². The molecule has 110 valence electrons. The largest absolute Gasteiger partial charge is 0.506 e. The number of aromatic hydroxyl groups is 1. The molecule has 0 unspecified atom stereocenters. The summed E-state index contributed by atoms with van der Waals surface area (Å²) in [7, 11) is 0. The maximum absolute atomic E-state index is 12.2. The lowest BCUT2D eigenvalue weighted by molar-refractivity contribution is 0.102. The van der Waals surface area contributed by atoms with Crippen molar-refractivity contribution in [3.05, 3.63) is 59.9 Å². The number of hydrogen-bond donors (Lipinski definition) is 2. The zero-order chi connectivity index (χ0) is 15.5. The minimum absolute atomic E-state index is 0.0404. The van der Waals surface area contributed by atoms with Crippen molar-refractivity contribution in [2.45, 2.75) is 6.92 Å². The van der Waals surface area contributed by atoms with E-state index in [1.54, 1.807) is 36.4 Å². The van der Waals surface area contributed by atoms with Crippen molar-refractivity contribution in [2.24, 2.45) is 0 Å². The fourth-order valence-electron chi connectivity index (χ4n) is 1.99. The lowest BCUT2D eigenvalue weighted by Gasteiger charge is -2.08. The number of phenolic OH excluding ortho intramolecular Hbond substituents is 1. The van der Waals surface area contributed by atoms with Gasteiger partial charge in [-0.05, 0) is 59.3 Å². The van der Waals surface area contributed by atoms with Crippen LogP contribution in [-0.2, 0) is 0 Å². The van der Waals surface area contributed by atoms with Crippen LogP contribution < -0.4 is 5.32 Å². The number of nitrogens with zero attached hydrogens (tertiary/aromatic N) is 4. The van der Waals surface area contributed by atoms with E-state index in [1.165, 1.54) is 11.0 Å². The van der Waals surface area contributed by atoms with Crippen LogP contribution in [0.4, 0.5) is 5.69 Å². The first kappa shape index (κ1) is 13.7. The highest BCUT2D eigenvalue weighted by molar-refractivity contribution is 6.05. The third-order valence-electron chi connectivity index (χ3n) is 3.14. The number of nitrogens with one attached hydrogen (secondary N) is 1. The quantitative estimate of drug-likeness (QED) is 0.720. The van der Waals surface area contributed by atoms with Crippen molar-refractivity contribution in [3.63, 3.8) is 0 Å². The van der Waals surface area contributed by atoms with Crippen LogP contribution in [0.5, 0.6) is 5.75 Å². The summed E-state index contributed by atoms with van der Waals surface area (Å²) in [5.74, 6) is -0.263. The van der Waals surface area contributed by atoms with Crippen LogP contribution in [0.15, 0.2) is 48.8 Å². The molecule has 2 aromatic carbocycles. The molecule has 7 heteroatoms. The molecule has 1 heterocycles. The number of aryl methyl sites for hydroxylation is 1. The molecule has 0 bridgehead atoms. The highest BCUT2D eigenvalue weighted by atomic mass is 16.3. The Morgan fingerprint density at radius 3 is 2.59 bits per heavy atom. The predicted molar refractivity (Wildman–Crippen MR) is 80.0 cm³/mol. The zero-order valence-electron chi connectivity index (χ0n) is 11.8. The minimum atomic E-state index is -0.303. The topological polar surface area (TPSA) is 92.9 Å². The van der Waals surface area contributed by atoms with Crippen molar-refractivity contribution in [2.75, 3.05) is 5.32 Å². The summed E-state index contributed by atoms with van der Waals surface area (Å²) in [6.45, 7) is 1.86. The Balaban J connectivity index is 1.77. The number of benzene rings is 2. The van der Waals surface area contributed by atoms with Crippen molar-refractivity contribution in [1.29, 1.82) is 0 Å². The number of aromatic nitrogens is 4. The monoisotopic (exact) mass is 295 g/mol. The summed E-state index contributed by atoms with van der Waals surface area (Å²) >= 11 is 0. The average Bonchev–Trinajstić information content (AvgIpc) is 3.04. The third kappa shape index (κ3) is 2.78. The summed E-state index contributed by atoms with van der Waals surface area (Å²) < 4.78 is 1.49. The van der Waals surface area contributed by atoms with Gasteiger partial charge in [0.05, 0.1) is 11.4 Å². The molecule has 0 saturated heterocycles. The van der Waals surface area contributed by atoms with E-state index in [9.17, 15) is 9.90 Å². The SMILES string of the molecule is Cc1ccc(NC(=O)c2ccc(-n3cnnn3)cc2)c(O)c1. The molecule has 7 nitrogen and oxygen atoms in total. The standard InChI is InChI=1S/C15H13N5O2/c1-10-2-7-13(14(21)8-10)17-15(22)11-3-5-12(6-4-11)20-9-16-18-19-20/h2-9,21H,1H3,(H,17,22). The van der Waals surface area contributed by atoms with Crippen molar-refractivity contribution < 1.29 is 9.90 Å². The Kier molecular flexibility index (Phi) is 3.53. The number of rotatable bonds is 3. The van der Waals surface area contributed by atoms with Gasteiger partial charge < -0.3 is 10.4 Å². The van der Waals surface area contributed by atoms with Gasteiger partial charge in [0.15, 0.2) is 0 Å². The van der Waals surface area contributed by atoms with Gasteiger partial charge in [0.1, 0.15) is 12.1 Å². The van der Waals surface area contributed by atoms with E-state index in [0.717, 1.165) is 11.3 Å². The smallest absolute Gasteiger partial charge is 0.255 e. The molecule has 0 aliphatic rings. The van der Waals surface area contributed by atoms with E-state index in [-0.39, 0.29) is 11.7 Å². The van der Waals surface area contributed by atoms with Crippen molar-refractivity contribution in [3.8, 4) is 11.4 Å². The molecule has 0 atom stereocenters.